The minimum atomic E-state index is -4.42. The summed E-state index contributed by atoms with van der Waals surface area (Å²) in [6, 6.07) is 0. The third kappa shape index (κ3) is 21.5. The summed E-state index contributed by atoms with van der Waals surface area (Å²) < 4.78 is 33.0. The van der Waals surface area contributed by atoms with Gasteiger partial charge in [-0.15, -0.1) is 0 Å². The number of nitrogens with one attached hydrogen (secondary N) is 1. The van der Waals surface area contributed by atoms with Crippen LogP contribution < -0.4 is 5.32 Å². The number of amides is 1. The molecule has 0 heterocycles. The Bertz CT molecular complexity index is 413. The van der Waals surface area contributed by atoms with E-state index in [4.69, 9.17) is 0 Å². The molecule has 0 aliphatic carbocycles. The van der Waals surface area contributed by atoms with E-state index in [9.17, 15) is 17.8 Å². The van der Waals surface area contributed by atoms with Crippen molar-refractivity contribution in [2.75, 3.05) is 40.8 Å². The van der Waals surface area contributed by atoms with Crippen LogP contribution in [-0.2, 0) is 19.4 Å². The standard InChI is InChI=1S/C11H22N2O.C2H6O4S/c1-10(2)11(14)12-8-6-7-9-13(3,4)5;1-2-6-7(3,4)5/h1,6-9H2,2-5H3;2H2,1H3,(H,3,4,5). The Balaban J connectivity index is 0. The summed E-state index contributed by atoms with van der Waals surface area (Å²) in [5.41, 5.74) is 0.580. The van der Waals surface area contributed by atoms with Crippen molar-refractivity contribution < 1.29 is 26.4 Å². The normalized spacial score (nSPS) is 11.3. The molecular weight excluding hydrogens is 296 g/mol. The molecule has 0 aliphatic heterocycles. The van der Waals surface area contributed by atoms with E-state index in [1.54, 1.807) is 6.92 Å². The lowest BCUT2D eigenvalue weighted by atomic mass is 10.2. The zero-order chi connectivity index (χ0) is 17.1. The van der Waals surface area contributed by atoms with Gasteiger partial charge in [-0.2, -0.15) is 0 Å². The summed E-state index contributed by atoms with van der Waals surface area (Å²) in [6.45, 7) is 8.53. The molecule has 1 N–H and O–H groups in total. The van der Waals surface area contributed by atoms with Crippen LogP contribution in [0.4, 0.5) is 0 Å². The molecule has 0 unspecified atom stereocenters. The summed E-state index contributed by atoms with van der Waals surface area (Å²) in [5, 5.41) is 2.82. The summed E-state index contributed by atoms with van der Waals surface area (Å²) in [4.78, 5) is 11.1. The molecule has 0 saturated heterocycles. The lowest BCUT2D eigenvalue weighted by Crippen LogP contribution is -2.35. The smallest absolute Gasteiger partial charge is 0.246 e. The highest BCUT2D eigenvalue weighted by molar-refractivity contribution is 7.80. The molecule has 0 saturated carbocycles. The van der Waals surface area contributed by atoms with Crippen molar-refractivity contribution in [3.05, 3.63) is 12.2 Å². The van der Waals surface area contributed by atoms with E-state index >= 15 is 0 Å². The number of nitrogens with zero attached hydrogens (tertiary/aromatic N) is 1. The van der Waals surface area contributed by atoms with Gasteiger partial charge in [0.1, 0.15) is 0 Å². The number of rotatable bonds is 8. The average molecular weight is 324 g/mol. The number of hydrogen-bond donors (Lipinski definition) is 1. The van der Waals surface area contributed by atoms with Gasteiger partial charge >= 0.3 is 0 Å². The molecule has 0 rings (SSSR count). The number of unbranched alkanes of at least 4 members (excludes halogenated alkanes) is 1. The van der Waals surface area contributed by atoms with Gasteiger partial charge in [0.05, 0.1) is 34.3 Å². The van der Waals surface area contributed by atoms with Crippen LogP contribution in [0.5, 0.6) is 0 Å². The molecule has 0 aromatic carbocycles. The molecule has 0 aromatic rings. The summed E-state index contributed by atoms with van der Waals surface area (Å²) in [6.07, 6.45) is 2.18. The summed E-state index contributed by atoms with van der Waals surface area (Å²) >= 11 is 0. The van der Waals surface area contributed by atoms with Gasteiger partial charge in [0.25, 0.3) is 0 Å². The van der Waals surface area contributed by atoms with Crippen LogP contribution >= 0.6 is 0 Å². The zero-order valence-electron chi connectivity index (χ0n) is 13.6. The van der Waals surface area contributed by atoms with E-state index in [1.165, 1.54) is 6.92 Å². The highest BCUT2D eigenvalue weighted by Crippen LogP contribution is 1.96. The van der Waals surface area contributed by atoms with Crippen LogP contribution in [0.2, 0.25) is 0 Å². The Hall–Kier alpha value is -0.960. The van der Waals surface area contributed by atoms with Gasteiger partial charge < -0.3 is 14.4 Å². The van der Waals surface area contributed by atoms with Crippen LogP contribution in [-0.4, -0.2) is 64.2 Å². The number of quaternary nitrogens is 1. The monoisotopic (exact) mass is 324 g/mol. The van der Waals surface area contributed by atoms with Crippen molar-refractivity contribution in [1.29, 1.82) is 0 Å². The Morgan fingerprint density at radius 1 is 1.29 bits per heavy atom. The minimum Gasteiger partial charge on any atom is -0.726 e. The molecule has 0 fully saturated rings. The second kappa shape index (κ2) is 10.7. The second-order valence-electron chi connectivity index (χ2n) is 5.57. The van der Waals surface area contributed by atoms with Gasteiger partial charge in [0.2, 0.25) is 16.3 Å². The Labute approximate surface area is 128 Å². The first-order valence-corrected chi connectivity index (χ1v) is 8.06. The molecule has 126 valence electrons. The van der Waals surface area contributed by atoms with Gasteiger partial charge in [-0.05, 0) is 26.7 Å². The molecule has 0 bridgehead atoms. The highest BCUT2D eigenvalue weighted by atomic mass is 32.3. The van der Waals surface area contributed by atoms with E-state index in [-0.39, 0.29) is 12.5 Å². The molecule has 0 spiro atoms. The van der Waals surface area contributed by atoms with Crippen molar-refractivity contribution in [1.82, 2.24) is 5.32 Å². The Morgan fingerprint density at radius 2 is 1.81 bits per heavy atom. The molecule has 0 aliphatic rings. The lowest BCUT2D eigenvalue weighted by Gasteiger charge is -2.23. The van der Waals surface area contributed by atoms with E-state index < -0.39 is 10.4 Å². The first-order valence-electron chi connectivity index (χ1n) is 6.73. The topological polar surface area (TPSA) is 95.5 Å². The van der Waals surface area contributed by atoms with Crippen molar-refractivity contribution >= 4 is 16.3 Å². The van der Waals surface area contributed by atoms with Crippen LogP contribution in [0.3, 0.4) is 0 Å². The molecule has 8 heteroatoms. The summed E-state index contributed by atoms with van der Waals surface area (Å²) in [7, 11) is 2.10. The maximum absolute atomic E-state index is 11.1. The fourth-order valence-corrected chi connectivity index (χ4v) is 1.50. The second-order valence-corrected chi connectivity index (χ2v) is 6.62. The van der Waals surface area contributed by atoms with Gasteiger partial charge in [-0.25, -0.2) is 8.42 Å². The molecule has 0 radical (unpaired) electrons. The first kappa shape index (κ1) is 22.3. The minimum absolute atomic E-state index is 0.0322. The zero-order valence-corrected chi connectivity index (χ0v) is 14.5. The van der Waals surface area contributed by atoms with Crippen LogP contribution in [0.1, 0.15) is 26.7 Å². The average Bonchev–Trinajstić information content (AvgIpc) is 2.25. The fraction of sp³-hybridized carbons (Fsp3) is 0.769. The molecular formula is C13H28N2O5S. The lowest BCUT2D eigenvalue weighted by molar-refractivity contribution is -0.870. The number of hydrogen-bond acceptors (Lipinski definition) is 5. The van der Waals surface area contributed by atoms with E-state index in [0.717, 1.165) is 30.4 Å². The van der Waals surface area contributed by atoms with E-state index in [1.807, 2.05) is 0 Å². The number of carbonyl (C=O) groups is 1. The summed E-state index contributed by atoms with van der Waals surface area (Å²) in [5.74, 6) is -0.0322. The quantitative estimate of drug-likeness (QED) is 0.232. The highest BCUT2D eigenvalue weighted by Gasteiger charge is 2.05. The molecule has 0 atom stereocenters. The molecule has 21 heavy (non-hydrogen) atoms. The predicted octanol–water partition coefficient (Wildman–Crippen LogP) is 0.648. The Morgan fingerprint density at radius 3 is 2.10 bits per heavy atom. The Kier molecular flexibility index (Phi) is 11.4. The third-order valence-corrected chi connectivity index (χ3v) is 2.72. The fourth-order valence-electron chi connectivity index (χ4n) is 1.21. The van der Waals surface area contributed by atoms with Gasteiger partial charge in [-0.1, -0.05) is 6.58 Å². The predicted molar refractivity (Wildman–Crippen MR) is 81.3 cm³/mol. The van der Waals surface area contributed by atoms with Crippen molar-refractivity contribution in [3.63, 3.8) is 0 Å². The van der Waals surface area contributed by atoms with Crippen molar-refractivity contribution in [2.24, 2.45) is 0 Å². The van der Waals surface area contributed by atoms with Crippen molar-refractivity contribution in [3.8, 4) is 0 Å². The largest absolute Gasteiger partial charge is 0.726 e. The van der Waals surface area contributed by atoms with Gasteiger partial charge in [0, 0.05) is 12.1 Å². The van der Waals surface area contributed by atoms with E-state index in [0.29, 0.717) is 5.57 Å². The molecule has 7 nitrogen and oxygen atoms in total. The first-order chi connectivity index (χ1) is 9.39. The third-order valence-electron chi connectivity index (χ3n) is 2.19. The van der Waals surface area contributed by atoms with Crippen LogP contribution in [0.25, 0.3) is 0 Å². The van der Waals surface area contributed by atoms with Gasteiger partial charge in [-0.3, -0.25) is 8.98 Å². The van der Waals surface area contributed by atoms with Crippen LogP contribution in [0, 0.1) is 0 Å². The van der Waals surface area contributed by atoms with Gasteiger partial charge in [0.15, 0.2) is 0 Å². The maximum atomic E-state index is 11.1. The number of carbonyl (C=O) groups excluding carboxylic acids is 1. The SMILES string of the molecule is C=C(C)C(=O)NCCCC[N+](C)(C)C.CCOS(=O)(=O)[O-]. The molecule has 0 aromatic heterocycles. The van der Waals surface area contributed by atoms with Crippen LogP contribution in [0.15, 0.2) is 12.2 Å². The molecule has 1 amide bonds. The maximum Gasteiger partial charge on any atom is 0.246 e. The van der Waals surface area contributed by atoms with E-state index in [2.05, 4.69) is 37.2 Å². The van der Waals surface area contributed by atoms with Crippen molar-refractivity contribution in [2.45, 2.75) is 26.7 Å².